The molecule has 0 aromatic heterocycles. The van der Waals surface area contributed by atoms with Crippen molar-refractivity contribution in [2.24, 2.45) is 0 Å². The number of amides is 1. The van der Waals surface area contributed by atoms with Gasteiger partial charge in [-0.15, -0.1) is 11.8 Å². The van der Waals surface area contributed by atoms with E-state index >= 15 is 0 Å². The lowest BCUT2D eigenvalue weighted by Crippen LogP contribution is -2.47. The molecule has 0 saturated carbocycles. The number of carboxylic acid groups (broad SMARTS) is 1. The van der Waals surface area contributed by atoms with Crippen LogP contribution < -0.4 is 0 Å². The molecule has 1 N–H and O–H groups in total. The first-order valence-electron chi connectivity index (χ1n) is 6.59. The average molecular weight is 289 g/mol. The van der Waals surface area contributed by atoms with E-state index < -0.39 is 11.6 Å². The van der Waals surface area contributed by atoms with E-state index in [1.165, 1.54) is 11.8 Å². The van der Waals surface area contributed by atoms with Crippen LogP contribution >= 0.6 is 11.8 Å². The molecule has 0 bridgehead atoms. The summed E-state index contributed by atoms with van der Waals surface area (Å²) in [6.07, 6.45) is 2.70. The summed E-state index contributed by atoms with van der Waals surface area (Å²) >= 11 is 1.36. The van der Waals surface area contributed by atoms with Gasteiger partial charge in [0.25, 0.3) is 0 Å². The van der Waals surface area contributed by atoms with Gasteiger partial charge in [0.2, 0.25) is 0 Å². The van der Waals surface area contributed by atoms with Crippen LogP contribution in [0.15, 0.2) is 0 Å². The van der Waals surface area contributed by atoms with Gasteiger partial charge in [0.15, 0.2) is 0 Å². The number of nitrogens with zero attached hydrogens (tertiary/aromatic N) is 1. The second-order valence-electron chi connectivity index (χ2n) is 5.73. The van der Waals surface area contributed by atoms with E-state index in [1.54, 1.807) is 4.90 Å². The molecule has 19 heavy (non-hydrogen) atoms. The summed E-state index contributed by atoms with van der Waals surface area (Å²) in [5.41, 5.74) is -0.493. The highest BCUT2D eigenvalue weighted by atomic mass is 32.2. The Morgan fingerprint density at radius 3 is 2.63 bits per heavy atom. The zero-order valence-electron chi connectivity index (χ0n) is 11.8. The van der Waals surface area contributed by atoms with Crippen molar-refractivity contribution in [2.75, 3.05) is 18.1 Å². The Bertz CT molecular complexity index is 327. The monoisotopic (exact) mass is 289 g/mol. The molecule has 1 fully saturated rings. The maximum atomic E-state index is 12.1. The second kappa shape index (κ2) is 7.03. The number of hydrogen-bond acceptors (Lipinski definition) is 4. The van der Waals surface area contributed by atoms with Crippen molar-refractivity contribution in [3.05, 3.63) is 0 Å². The zero-order valence-corrected chi connectivity index (χ0v) is 12.7. The van der Waals surface area contributed by atoms with Gasteiger partial charge in [-0.2, -0.15) is 0 Å². The normalized spacial score (nSPS) is 20.2. The van der Waals surface area contributed by atoms with E-state index in [0.717, 1.165) is 19.3 Å². The van der Waals surface area contributed by atoms with Crippen molar-refractivity contribution in [3.63, 3.8) is 0 Å². The van der Waals surface area contributed by atoms with Crippen molar-refractivity contribution >= 4 is 23.8 Å². The summed E-state index contributed by atoms with van der Waals surface area (Å²) in [4.78, 5) is 24.4. The Labute approximate surface area is 118 Å². The number of likely N-dealkylation sites (tertiary alicyclic amines) is 1. The molecular formula is C13H23NO4S. The van der Waals surface area contributed by atoms with E-state index in [1.807, 2.05) is 20.8 Å². The molecule has 1 atom stereocenters. The van der Waals surface area contributed by atoms with Crippen molar-refractivity contribution in [1.82, 2.24) is 4.90 Å². The fourth-order valence-electron chi connectivity index (χ4n) is 2.02. The summed E-state index contributed by atoms with van der Waals surface area (Å²) in [5.74, 6) is -0.0749. The molecule has 1 aliphatic rings. The number of ether oxygens (including phenoxy) is 1. The van der Waals surface area contributed by atoms with Gasteiger partial charge in [-0.3, -0.25) is 4.79 Å². The summed E-state index contributed by atoms with van der Waals surface area (Å²) in [5, 5.41) is 8.64. The highest BCUT2D eigenvalue weighted by Gasteiger charge is 2.30. The van der Waals surface area contributed by atoms with E-state index in [-0.39, 0.29) is 17.9 Å². The summed E-state index contributed by atoms with van der Waals surface area (Å²) in [6.45, 7) is 6.25. The van der Waals surface area contributed by atoms with E-state index in [9.17, 15) is 9.59 Å². The third-order valence-corrected chi connectivity index (χ3v) is 3.86. The zero-order chi connectivity index (χ0) is 14.5. The van der Waals surface area contributed by atoms with Gasteiger partial charge >= 0.3 is 12.1 Å². The highest BCUT2D eigenvalue weighted by Crippen LogP contribution is 2.23. The quantitative estimate of drug-likeness (QED) is 0.861. The van der Waals surface area contributed by atoms with Crippen LogP contribution in [0.5, 0.6) is 0 Å². The average Bonchev–Trinajstić information content (AvgIpc) is 2.26. The molecule has 1 unspecified atom stereocenters. The molecule has 1 rings (SSSR count). The maximum Gasteiger partial charge on any atom is 0.410 e. The van der Waals surface area contributed by atoms with Gasteiger partial charge in [0, 0.05) is 18.3 Å². The number of carboxylic acids is 1. The van der Waals surface area contributed by atoms with Gasteiger partial charge in [-0.25, -0.2) is 4.79 Å². The Morgan fingerprint density at radius 2 is 2.05 bits per heavy atom. The van der Waals surface area contributed by atoms with Gasteiger partial charge in [0.1, 0.15) is 5.60 Å². The van der Waals surface area contributed by atoms with Gasteiger partial charge in [0.05, 0.1) is 5.75 Å². The smallest absolute Gasteiger partial charge is 0.410 e. The Morgan fingerprint density at radius 1 is 1.37 bits per heavy atom. The molecule has 0 radical (unpaired) electrons. The number of aliphatic carboxylic acids is 1. The van der Waals surface area contributed by atoms with Crippen LogP contribution in [-0.4, -0.2) is 51.8 Å². The van der Waals surface area contributed by atoms with Crippen LogP contribution in [0.2, 0.25) is 0 Å². The third-order valence-electron chi connectivity index (χ3n) is 2.79. The van der Waals surface area contributed by atoms with Crippen LogP contribution in [0.3, 0.4) is 0 Å². The van der Waals surface area contributed by atoms with Crippen molar-refractivity contribution in [2.45, 2.75) is 51.7 Å². The standard InChI is InChI=1S/C13H23NO4S/c1-13(2,3)18-12(17)14-7-5-4-6-10(14)8-19-9-11(15)16/h10H,4-9H2,1-3H3,(H,15,16). The Hall–Kier alpha value is -0.910. The largest absolute Gasteiger partial charge is 0.481 e. The summed E-state index contributed by atoms with van der Waals surface area (Å²) in [6, 6.07) is 0.0907. The molecule has 0 spiro atoms. The maximum absolute atomic E-state index is 12.1. The summed E-state index contributed by atoms with van der Waals surface area (Å²) in [7, 11) is 0. The minimum absolute atomic E-state index is 0.0820. The van der Waals surface area contributed by atoms with E-state index in [0.29, 0.717) is 12.3 Å². The van der Waals surface area contributed by atoms with Gasteiger partial charge in [-0.05, 0) is 40.0 Å². The SMILES string of the molecule is CC(C)(C)OC(=O)N1CCCCC1CSCC(=O)O. The Kier molecular flexibility index (Phi) is 5.97. The first-order chi connectivity index (χ1) is 8.79. The molecule has 1 heterocycles. The van der Waals surface area contributed by atoms with E-state index in [4.69, 9.17) is 9.84 Å². The van der Waals surface area contributed by atoms with Crippen LogP contribution in [0, 0.1) is 0 Å². The van der Waals surface area contributed by atoms with Crippen molar-refractivity contribution in [3.8, 4) is 0 Å². The van der Waals surface area contributed by atoms with Crippen molar-refractivity contribution in [1.29, 1.82) is 0 Å². The van der Waals surface area contributed by atoms with Gasteiger partial charge < -0.3 is 14.7 Å². The van der Waals surface area contributed by atoms with Crippen molar-refractivity contribution < 1.29 is 19.4 Å². The molecule has 6 heteroatoms. The number of rotatable bonds is 4. The number of carbonyl (C=O) groups excluding carboxylic acids is 1. The molecule has 0 aliphatic carbocycles. The second-order valence-corrected chi connectivity index (χ2v) is 6.76. The topological polar surface area (TPSA) is 66.8 Å². The molecule has 5 nitrogen and oxygen atoms in total. The first-order valence-corrected chi connectivity index (χ1v) is 7.74. The van der Waals surface area contributed by atoms with E-state index in [2.05, 4.69) is 0 Å². The molecule has 0 aromatic carbocycles. The number of thioether (sulfide) groups is 1. The number of carbonyl (C=O) groups is 2. The van der Waals surface area contributed by atoms with Crippen LogP contribution in [-0.2, 0) is 9.53 Å². The predicted octanol–water partition coefficient (Wildman–Crippen LogP) is 2.59. The molecular weight excluding hydrogens is 266 g/mol. The predicted molar refractivity (Wildman–Crippen MR) is 75.5 cm³/mol. The van der Waals surface area contributed by atoms with Crippen LogP contribution in [0.1, 0.15) is 40.0 Å². The lowest BCUT2D eigenvalue weighted by atomic mass is 10.0. The lowest BCUT2D eigenvalue weighted by molar-refractivity contribution is -0.133. The Balaban J connectivity index is 2.51. The third kappa shape index (κ3) is 6.18. The molecule has 0 aromatic rings. The fraction of sp³-hybridized carbons (Fsp3) is 0.846. The summed E-state index contributed by atoms with van der Waals surface area (Å²) < 4.78 is 5.40. The molecule has 1 saturated heterocycles. The van der Waals surface area contributed by atoms with Crippen LogP contribution in [0.4, 0.5) is 4.79 Å². The fourth-order valence-corrected chi connectivity index (χ4v) is 2.93. The number of piperidine rings is 1. The minimum Gasteiger partial charge on any atom is -0.481 e. The first kappa shape index (κ1) is 16.1. The highest BCUT2D eigenvalue weighted by molar-refractivity contribution is 7.99. The van der Waals surface area contributed by atoms with Crippen LogP contribution in [0.25, 0.3) is 0 Å². The molecule has 110 valence electrons. The lowest BCUT2D eigenvalue weighted by Gasteiger charge is -2.36. The number of hydrogen-bond donors (Lipinski definition) is 1. The minimum atomic E-state index is -0.815. The molecule has 1 amide bonds. The molecule has 1 aliphatic heterocycles. The van der Waals surface area contributed by atoms with Gasteiger partial charge in [-0.1, -0.05) is 0 Å².